The van der Waals surface area contributed by atoms with E-state index in [-0.39, 0.29) is 18.6 Å². The molecule has 1 aromatic carbocycles. The second-order valence-corrected chi connectivity index (χ2v) is 6.60. The molecule has 2 amide bonds. The molecule has 2 atom stereocenters. The lowest BCUT2D eigenvalue weighted by atomic mass is 9.85. The standard InChI is InChI=1S/C18H24N2O3/c21-11-14-4-1-2-7-16(14)20-18(23)17(22)19-15-9-8-12-5-3-6-13(12)10-15/h8-10,14,16,21H,1-7,11H2,(H,19,22)(H,20,23). The zero-order valence-corrected chi connectivity index (χ0v) is 13.3. The molecule has 124 valence electrons. The summed E-state index contributed by atoms with van der Waals surface area (Å²) in [6.07, 6.45) is 7.08. The van der Waals surface area contributed by atoms with Gasteiger partial charge in [-0.25, -0.2) is 0 Å². The summed E-state index contributed by atoms with van der Waals surface area (Å²) in [5.41, 5.74) is 3.27. The predicted octanol–water partition coefficient (Wildman–Crippen LogP) is 1.78. The SMILES string of the molecule is O=C(Nc1ccc2c(c1)CCC2)C(=O)NC1CCCCC1CO. The van der Waals surface area contributed by atoms with Crippen LogP contribution in [0, 0.1) is 5.92 Å². The number of amides is 2. The maximum atomic E-state index is 12.1. The smallest absolute Gasteiger partial charge is 0.313 e. The molecule has 1 fully saturated rings. The van der Waals surface area contributed by atoms with Crippen LogP contribution in [0.25, 0.3) is 0 Å². The average Bonchev–Trinajstić information content (AvgIpc) is 3.03. The van der Waals surface area contributed by atoms with E-state index >= 15 is 0 Å². The minimum atomic E-state index is -0.634. The zero-order chi connectivity index (χ0) is 16.2. The number of carbonyl (C=O) groups is 2. The number of carbonyl (C=O) groups excluding carboxylic acids is 2. The highest BCUT2D eigenvalue weighted by molar-refractivity contribution is 6.39. The van der Waals surface area contributed by atoms with Crippen LogP contribution in [0.15, 0.2) is 18.2 Å². The van der Waals surface area contributed by atoms with Crippen LogP contribution in [0.5, 0.6) is 0 Å². The van der Waals surface area contributed by atoms with Crippen LogP contribution >= 0.6 is 0 Å². The first-order valence-electron chi connectivity index (χ1n) is 8.52. The summed E-state index contributed by atoms with van der Waals surface area (Å²) >= 11 is 0. The molecule has 0 bridgehead atoms. The fraction of sp³-hybridized carbons (Fsp3) is 0.556. The minimum absolute atomic E-state index is 0.0530. The van der Waals surface area contributed by atoms with Gasteiger partial charge in [0.25, 0.3) is 0 Å². The molecule has 1 aromatic rings. The Balaban J connectivity index is 1.58. The Morgan fingerprint density at radius 3 is 2.65 bits per heavy atom. The molecular weight excluding hydrogens is 292 g/mol. The lowest BCUT2D eigenvalue weighted by Crippen LogP contribution is -2.47. The molecule has 5 nitrogen and oxygen atoms in total. The summed E-state index contributed by atoms with van der Waals surface area (Å²) in [5, 5.41) is 14.8. The van der Waals surface area contributed by atoms with Gasteiger partial charge in [-0.15, -0.1) is 0 Å². The summed E-state index contributed by atoms with van der Waals surface area (Å²) in [7, 11) is 0. The van der Waals surface area contributed by atoms with Gasteiger partial charge in [-0.1, -0.05) is 18.9 Å². The van der Waals surface area contributed by atoms with Crippen molar-refractivity contribution in [2.45, 2.75) is 51.0 Å². The van der Waals surface area contributed by atoms with Gasteiger partial charge in [0.2, 0.25) is 0 Å². The highest BCUT2D eigenvalue weighted by Gasteiger charge is 2.28. The van der Waals surface area contributed by atoms with Crippen molar-refractivity contribution in [3.8, 4) is 0 Å². The van der Waals surface area contributed by atoms with Crippen molar-refractivity contribution in [3.63, 3.8) is 0 Å². The van der Waals surface area contributed by atoms with E-state index in [4.69, 9.17) is 0 Å². The second kappa shape index (κ2) is 7.13. The molecule has 5 heteroatoms. The van der Waals surface area contributed by atoms with Crippen molar-refractivity contribution >= 4 is 17.5 Å². The van der Waals surface area contributed by atoms with Crippen LogP contribution < -0.4 is 10.6 Å². The van der Waals surface area contributed by atoms with Crippen molar-refractivity contribution < 1.29 is 14.7 Å². The molecule has 0 radical (unpaired) electrons. The van der Waals surface area contributed by atoms with E-state index in [0.717, 1.165) is 44.9 Å². The number of hydrogen-bond acceptors (Lipinski definition) is 3. The Morgan fingerprint density at radius 2 is 1.83 bits per heavy atom. The Bertz CT molecular complexity index is 600. The number of aliphatic hydroxyl groups excluding tert-OH is 1. The number of aryl methyl sites for hydroxylation is 2. The molecule has 0 saturated heterocycles. The van der Waals surface area contributed by atoms with Crippen molar-refractivity contribution in [2.75, 3.05) is 11.9 Å². The lowest BCUT2D eigenvalue weighted by molar-refractivity contribution is -0.137. The van der Waals surface area contributed by atoms with Crippen LogP contribution in [0.4, 0.5) is 5.69 Å². The highest BCUT2D eigenvalue weighted by Crippen LogP contribution is 2.25. The van der Waals surface area contributed by atoms with E-state index in [1.165, 1.54) is 11.1 Å². The number of fused-ring (bicyclic) bond motifs is 1. The summed E-state index contributed by atoms with van der Waals surface area (Å²) < 4.78 is 0. The molecule has 2 aliphatic rings. The lowest BCUT2D eigenvalue weighted by Gasteiger charge is -2.30. The maximum absolute atomic E-state index is 12.1. The van der Waals surface area contributed by atoms with Gasteiger partial charge in [0.15, 0.2) is 0 Å². The quantitative estimate of drug-likeness (QED) is 0.744. The number of aliphatic hydroxyl groups is 1. The van der Waals surface area contributed by atoms with Crippen LogP contribution in [0.2, 0.25) is 0 Å². The van der Waals surface area contributed by atoms with Gasteiger partial charge < -0.3 is 15.7 Å². The Hall–Kier alpha value is -1.88. The number of anilines is 1. The summed E-state index contributed by atoms with van der Waals surface area (Å²) in [5.74, 6) is -1.19. The van der Waals surface area contributed by atoms with Gasteiger partial charge in [0.05, 0.1) is 0 Å². The van der Waals surface area contributed by atoms with Crippen molar-refractivity contribution in [1.29, 1.82) is 0 Å². The Morgan fingerprint density at radius 1 is 1.04 bits per heavy atom. The van der Waals surface area contributed by atoms with Crippen LogP contribution in [-0.2, 0) is 22.4 Å². The molecule has 3 rings (SSSR count). The first-order valence-corrected chi connectivity index (χ1v) is 8.52. The molecule has 0 spiro atoms. The van der Waals surface area contributed by atoms with E-state index in [9.17, 15) is 14.7 Å². The maximum Gasteiger partial charge on any atom is 0.313 e. The van der Waals surface area contributed by atoms with Crippen molar-refractivity contribution in [1.82, 2.24) is 5.32 Å². The fourth-order valence-electron chi connectivity index (χ4n) is 3.69. The molecule has 2 unspecified atom stereocenters. The predicted molar refractivity (Wildman–Crippen MR) is 88.1 cm³/mol. The average molecular weight is 316 g/mol. The largest absolute Gasteiger partial charge is 0.396 e. The number of benzene rings is 1. The van der Waals surface area contributed by atoms with E-state index in [0.29, 0.717) is 5.69 Å². The van der Waals surface area contributed by atoms with Gasteiger partial charge in [0, 0.05) is 24.3 Å². The third-order valence-corrected chi connectivity index (χ3v) is 5.02. The third kappa shape index (κ3) is 3.72. The van der Waals surface area contributed by atoms with E-state index < -0.39 is 11.8 Å². The van der Waals surface area contributed by atoms with E-state index in [1.807, 2.05) is 18.2 Å². The summed E-state index contributed by atoms with van der Waals surface area (Å²) in [6, 6.07) is 5.74. The molecule has 1 saturated carbocycles. The minimum Gasteiger partial charge on any atom is -0.396 e. The van der Waals surface area contributed by atoms with Crippen molar-refractivity contribution in [2.24, 2.45) is 5.92 Å². The van der Waals surface area contributed by atoms with Gasteiger partial charge in [-0.05, 0) is 55.4 Å². The summed E-state index contributed by atoms with van der Waals surface area (Å²) in [4.78, 5) is 24.2. The first kappa shape index (κ1) is 16.0. The molecule has 0 heterocycles. The molecular formula is C18H24N2O3. The van der Waals surface area contributed by atoms with E-state index in [1.54, 1.807) is 0 Å². The van der Waals surface area contributed by atoms with Crippen LogP contribution in [0.3, 0.4) is 0 Å². The Labute approximate surface area is 136 Å². The monoisotopic (exact) mass is 316 g/mol. The highest BCUT2D eigenvalue weighted by atomic mass is 16.3. The van der Waals surface area contributed by atoms with Crippen LogP contribution in [0.1, 0.15) is 43.2 Å². The number of hydrogen-bond donors (Lipinski definition) is 3. The molecule has 23 heavy (non-hydrogen) atoms. The normalized spacial score (nSPS) is 23.2. The van der Waals surface area contributed by atoms with Gasteiger partial charge in [-0.3, -0.25) is 9.59 Å². The first-order chi connectivity index (χ1) is 11.2. The van der Waals surface area contributed by atoms with Crippen LogP contribution in [-0.4, -0.2) is 29.6 Å². The topological polar surface area (TPSA) is 78.4 Å². The molecule has 3 N–H and O–H groups in total. The Kier molecular flexibility index (Phi) is 4.96. The zero-order valence-electron chi connectivity index (χ0n) is 13.3. The van der Waals surface area contributed by atoms with Gasteiger partial charge in [0.1, 0.15) is 0 Å². The third-order valence-electron chi connectivity index (χ3n) is 5.02. The summed E-state index contributed by atoms with van der Waals surface area (Å²) in [6.45, 7) is 0.0530. The molecule has 2 aliphatic carbocycles. The van der Waals surface area contributed by atoms with Gasteiger partial charge in [-0.2, -0.15) is 0 Å². The second-order valence-electron chi connectivity index (χ2n) is 6.60. The van der Waals surface area contributed by atoms with E-state index in [2.05, 4.69) is 10.6 Å². The van der Waals surface area contributed by atoms with Gasteiger partial charge >= 0.3 is 11.8 Å². The molecule has 0 aromatic heterocycles. The number of nitrogens with one attached hydrogen (secondary N) is 2. The molecule has 0 aliphatic heterocycles. The number of rotatable bonds is 3. The fourth-order valence-corrected chi connectivity index (χ4v) is 3.69. The van der Waals surface area contributed by atoms with Crippen molar-refractivity contribution in [3.05, 3.63) is 29.3 Å².